The number of hydrogen-bond acceptors (Lipinski definition) is 3. The van der Waals surface area contributed by atoms with E-state index in [4.69, 9.17) is 11.0 Å². The molecular weight excluding hydrogens is 224 g/mol. The third-order valence-electron chi connectivity index (χ3n) is 2.12. The van der Waals surface area contributed by atoms with E-state index in [-0.39, 0.29) is 24.2 Å². The second-order valence-electron chi connectivity index (χ2n) is 3.65. The molecule has 0 amide bonds. The van der Waals surface area contributed by atoms with E-state index < -0.39 is 0 Å². The van der Waals surface area contributed by atoms with Gasteiger partial charge in [-0.05, 0) is 31.5 Å². The van der Waals surface area contributed by atoms with E-state index in [1.807, 2.05) is 13.0 Å². The Labute approximate surface area is 102 Å². The predicted octanol–water partition coefficient (Wildman–Crippen LogP) is 2.65. The fraction of sp³-hybridized carbons (Fsp3) is 0.250. The minimum absolute atomic E-state index is 0. The number of nitriles is 1. The molecule has 0 aliphatic rings. The van der Waals surface area contributed by atoms with Crippen LogP contribution >= 0.6 is 12.4 Å². The maximum absolute atomic E-state index is 9.59. The van der Waals surface area contributed by atoms with Crippen molar-refractivity contribution in [1.29, 1.82) is 5.26 Å². The summed E-state index contributed by atoms with van der Waals surface area (Å²) in [5.74, 6) is 0.128. The van der Waals surface area contributed by atoms with Crippen LogP contribution in [0.1, 0.15) is 30.5 Å². The Morgan fingerprint density at radius 2 is 2.25 bits per heavy atom. The lowest BCUT2D eigenvalue weighted by Crippen LogP contribution is -2.10. The number of phenolic OH excluding ortho intramolecular Hbond substituents is 1. The second-order valence-corrected chi connectivity index (χ2v) is 3.65. The lowest BCUT2D eigenvalue weighted by atomic mass is 9.98. The highest BCUT2D eigenvalue weighted by molar-refractivity contribution is 5.85. The molecule has 3 N–H and O–H groups in total. The van der Waals surface area contributed by atoms with Gasteiger partial charge >= 0.3 is 0 Å². The topological polar surface area (TPSA) is 70.0 Å². The monoisotopic (exact) mass is 238 g/mol. The molecule has 1 aromatic carbocycles. The molecule has 0 unspecified atom stereocenters. The van der Waals surface area contributed by atoms with Crippen molar-refractivity contribution < 1.29 is 5.11 Å². The second kappa shape index (κ2) is 6.16. The van der Waals surface area contributed by atoms with Gasteiger partial charge in [-0.15, -0.1) is 19.0 Å². The van der Waals surface area contributed by atoms with Crippen LogP contribution in [0.2, 0.25) is 0 Å². The molecule has 4 heteroatoms. The van der Waals surface area contributed by atoms with Gasteiger partial charge in [0.15, 0.2) is 0 Å². The molecule has 0 aliphatic carbocycles. The number of hydrogen-bond donors (Lipinski definition) is 2. The number of nitrogens with two attached hydrogens (primary N) is 1. The minimum atomic E-state index is -0.309. The van der Waals surface area contributed by atoms with Crippen LogP contribution in [0.15, 0.2) is 30.4 Å². The summed E-state index contributed by atoms with van der Waals surface area (Å²) in [4.78, 5) is 0. The molecule has 0 saturated carbocycles. The normalized spacial score (nSPS) is 11.1. The van der Waals surface area contributed by atoms with Crippen molar-refractivity contribution in [1.82, 2.24) is 0 Å². The van der Waals surface area contributed by atoms with Crippen LogP contribution in [0.5, 0.6) is 5.75 Å². The van der Waals surface area contributed by atoms with Crippen molar-refractivity contribution >= 4 is 12.4 Å². The maximum atomic E-state index is 9.59. The van der Waals surface area contributed by atoms with Crippen molar-refractivity contribution in [2.75, 3.05) is 0 Å². The van der Waals surface area contributed by atoms with Gasteiger partial charge in [0.05, 0.1) is 11.6 Å². The van der Waals surface area contributed by atoms with E-state index in [2.05, 4.69) is 6.58 Å². The van der Waals surface area contributed by atoms with Crippen LogP contribution in [0.25, 0.3) is 0 Å². The smallest absolute Gasteiger partial charge is 0.120 e. The van der Waals surface area contributed by atoms with E-state index in [1.165, 1.54) is 6.07 Å². The lowest BCUT2D eigenvalue weighted by molar-refractivity contribution is 0.461. The van der Waals surface area contributed by atoms with Crippen LogP contribution < -0.4 is 5.73 Å². The highest BCUT2D eigenvalue weighted by Crippen LogP contribution is 2.27. The van der Waals surface area contributed by atoms with Crippen LogP contribution in [0.3, 0.4) is 0 Å². The van der Waals surface area contributed by atoms with Gasteiger partial charge in [0.2, 0.25) is 0 Å². The first-order chi connectivity index (χ1) is 7.04. The molecule has 0 heterocycles. The number of halogens is 1. The first kappa shape index (κ1) is 14.5. The molecule has 0 aliphatic heterocycles. The molecule has 0 aromatic heterocycles. The van der Waals surface area contributed by atoms with Gasteiger partial charge in [0, 0.05) is 11.6 Å². The van der Waals surface area contributed by atoms with Gasteiger partial charge in [0.1, 0.15) is 5.75 Å². The van der Waals surface area contributed by atoms with Crippen molar-refractivity contribution in [3.63, 3.8) is 0 Å². The molecule has 86 valence electrons. The third-order valence-corrected chi connectivity index (χ3v) is 2.12. The molecule has 1 rings (SSSR count). The molecule has 0 bridgehead atoms. The summed E-state index contributed by atoms with van der Waals surface area (Å²) in [7, 11) is 0. The largest absolute Gasteiger partial charge is 0.508 e. The summed E-state index contributed by atoms with van der Waals surface area (Å²) >= 11 is 0. The average Bonchev–Trinajstić information content (AvgIpc) is 2.17. The van der Waals surface area contributed by atoms with E-state index in [0.29, 0.717) is 17.5 Å². The zero-order valence-electron chi connectivity index (χ0n) is 9.10. The Bertz CT molecular complexity index is 424. The van der Waals surface area contributed by atoms with Crippen LogP contribution in [-0.2, 0) is 0 Å². The Morgan fingerprint density at radius 1 is 1.62 bits per heavy atom. The summed E-state index contributed by atoms with van der Waals surface area (Å²) in [6.07, 6.45) is 0.600. The van der Waals surface area contributed by atoms with Crippen LogP contribution in [0, 0.1) is 11.3 Å². The third kappa shape index (κ3) is 3.58. The average molecular weight is 239 g/mol. The van der Waals surface area contributed by atoms with Gasteiger partial charge in [-0.1, -0.05) is 5.57 Å². The summed E-state index contributed by atoms with van der Waals surface area (Å²) in [6.45, 7) is 5.65. The van der Waals surface area contributed by atoms with Crippen molar-refractivity contribution in [2.45, 2.75) is 19.4 Å². The van der Waals surface area contributed by atoms with Crippen molar-refractivity contribution in [3.05, 3.63) is 41.5 Å². The first-order valence-electron chi connectivity index (χ1n) is 4.67. The number of phenols is 1. The highest BCUT2D eigenvalue weighted by Gasteiger charge is 2.11. The van der Waals surface area contributed by atoms with E-state index in [1.54, 1.807) is 12.1 Å². The Morgan fingerprint density at radius 3 is 2.75 bits per heavy atom. The molecule has 0 spiro atoms. The molecule has 0 fully saturated rings. The summed E-state index contributed by atoms with van der Waals surface area (Å²) in [6, 6.07) is 6.37. The van der Waals surface area contributed by atoms with E-state index in [0.717, 1.165) is 5.57 Å². The Hall–Kier alpha value is -1.50. The van der Waals surface area contributed by atoms with Crippen molar-refractivity contribution in [3.8, 4) is 11.8 Å². The van der Waals surface area contributed by atoms with Gasteiger partial charge in [-0.3, -0.25) is 0 Å². The Balaban J connectivity index is 0.00000225. The summed E-state index contributed by atoms with van der Waals surface area (Å²) in [5, 5.41) is 18.3. The van der Waals surface area contributed by atoms with Crippen LogP contribution in [0.4, 0.5) is 0 Å². The molecule has 1 atom stereocenters. The van der Waals surface area contributed by atoms with Crippen molar-refractivity contribution in [2.24, 2.45) is 5.73 Å². The Kier molecular flexibility index (Phi) is 5.59. The number of aromatic hydroxyl groups is 1. The quantitative estimate of drug-likeness (QED) is 0.796. The zero-order chi connectivity index (χ0) is 11.4. The molecule has 3 nitrogen and oxygen atoms in total. The standard InChI is InChI=1S/C12H14N2O.ClH/c1-8(2)5-11(14)10-6-9(7-13)3-4-12(10)15;/h3-4,6,11,15H,1,5,14H2,2H3;1H/t11-;/m0./s1. The zero-order valence-corrected chi connectivity index (χ0v) is 9.92. The highest BCUT2D eigenvalue weighted by atomic mass is 35.5. The molecule has 16 heavy (non-hydrogen) atoms. The fourth-order valence-electron chi connectivity index (χ4n) is 1.41. The predicted molar refractivity (Wildman–Crippen MR) is 66.4 cm³/mol. The molecule has 1 aromatic rings. The van der Waals surface area contributed by atoms with Gasteiger partial charge in [0.25, 0.3) is 0 Å². The fourth-order valence-corrected chi connectivity index (χ4v) is 1.41. The van der Waals surface area contributed by atoms with Gasteiger partial charge in [-0.2, -0.15) is 5.26 Å². The first-order valence-corrected chi connectivity index (χ1v) is 4.67. The number of benzene rings is 1. The van der Waals surface area contributed by atoms with E-state index in [9.17, 15) is 5.11 Å². The minimum Gasteiger partial charge on any atom is -0.508 e. The number of rotatable bonds is 3. The van der Waals surface area contributed by atoms with Gasteiger partial charge < -0.3 is 10.8 Å². The SMILES string of the molecule is C=C(C)C[C@H](N)c1cc(C#N)ccc1O.Cl. The number of nitrogens with zero attached hydrogens (tertiary/aromatic N) is 1. The molecule has 0 radical (unpaired) electrons. The summed E-state index contributed by atoms with van der Waals surface area (Å²) < 4.78 is 0. The maximum Gasteiger partial charge on any atom is 0.120 e. The van der Waals surface area contributed by atoms with Crippen LogP contribution in [-0.4, -0.2) is 5.11 Å². The lowest BCUT2D eigenvalue weighted by Gasteiger charge is -2.13. The molecular formula is C12H15ClN2O. The van der Waals surface area contributed by atoms with Gasteiger partial charge in [-0.25, -0.2) is 0 Å². The molecule has 0 saturated heterocycles. The van der Waals surface area contributed by atoms with E-state index >= 15 is 0 Å². The summed E-state index contributed by atoms with van der Waals surface area (Å²) in [5.41, 5.74) is 7.93.